The minimum absolute atomic E-state index is 0.180. The Kier molecular flexibility index (Phi) is 3.36. The van der Waals surface area contributed by atoms with E-state index in [4.69, 9.17) is 10.5 Å². The number of hydrogen-bond donors (Lipinski definition) is 2. The van der Waals surface area contributed by atoms with Crippen LogP contribution in [0.2, 0.25) is 0 Å². The van der Waals surface area contributed by atoms with Crippen LogP contribution < -0.4 is 5.49 Å². The second kappa shape index (κ2) is 5.87. The Hall–Kier alpha value is -3.81. The second-order valence-electron chi connectivity index (χ2n) is 6.30. The quantitative estimate of drug-likeness (QED) is 0.519. The Balaban J connectivity index is 1.73. The number of nitrogens with one attached hydrogen (secondary N) is 2. The summed E-state index contributed by atoms with van der Waals surface area (Å²) in [7, 11) is 0. The molecule has 0 aliphatic heterocycles. The zero-order valence-corrected chi connectivity index (χ0v) is 14.5. The van der Waals surface area contributed by atoms with Gasteiger partial charge in [-0.2, -0.15) is 5.10 Å². The van der Waals surface area contributed by atoms with Crippen molar-refractivity contribution in [3.8, 4) is 5.69 Å². The number of benzene rings is 1. The second-order valence-corrected chi connectivity index (χ2v) is 6.30. The molecule has 0 spiro atoms. The summed E-state index contributed by atoms with van der Waals surface area (Å²) in [5.41, 5.74) is 4.23. The molecule has 0 amide bonds. The highest BCUT2D eigenvalue weighted by atomic mass is 15.3. The third kappa shape index (κ3) is 2.34. The lowest BCUT2D eigenvalue weighted by atomic mass is 10.1. The number of aromatic amines is 1. The van der Waals surface area contributed by atoms with E-state index in [1.165, 1.54) is 0 Å². The SMILES string of the molecule is CC(c1nn(-c2cccnc2)c2ccccc12)n1cnc2nc[nH]c2c1=N. The van der Waals surface area contributed by atoms with Crippen molar-refractivity contribution in [2.75, 3.05) is 0 Å². The van der Waals surface area contributed by atoms with Crippen LogP contribution in [0.4, 0.5) is 0 Å². The standard InChI is InChI=1S/C19H16N8/c1-12(26-11-24-19-17(18(26)20)22-10-23-19)16-14-6-2-3-7-15(14)27(25-16)13-5-4-8-21-9-13/h2-12,20H,1H3,(H,22,23). The first-order valence-electron chi connectivity index (χ1n) is 8.57. The summed E-state index contributed by atoms with van der Waals surface area (Å²) in [5.74, 6) is 0. The van der Waals surface area contributed by atoms with Gasteiger partial charge in [-0.15, -0.1) is 0 Å². The zero-order valence-electron chi connectivity index (χ0n) is 14.5. The first kappa shape index (κ1) is 15.4. The van der Waals surface area contributed by atoms with Crippen LogP contribution in [0.1, 0.15) is 18.7 Å². The third-order valence-electron chi connectivity index (χ3n) is 4.74. The van der Waals surface area contributed by atoms with Crippen molar-refractivity contribution in [3.05, 3.63) is 72.6 Å². The average Bonchev–Trinajstić information content (AvgIpc) is 3.34. The first-order valence-corrected chi connectivity index (χ1v) is 8.57. The highest BCUT2D eigenvalue weighted by molar-refractivity contribution is 5.84. The fourth-order valence-electron chi connectivity index (χ4n) is 3.36. The molecular formula is C19H16N8. The van der Waals surface area contributed by atoms with Crippen LogP contribution in [-0.4, -0.2) is 34.3 Å². The Bertz CT molecular complexity index is 1310. The Morgan fingerprint density at radius 1 is 1.11 bits per heavy atom. The normalized spacial score (nSPS) is 12.6. The number of rotatable bonds is 3. The van der Waals surface area contributed by atoms with Gasteiger partial charge in [-0.25, -0.2) is 14.6 Å². The van der Waals surface area contributed by atoms with Crippen molar-refractivity contribution in [2.24, 2.45) is 0 Å². The lowest BCUT2D eigenvalue weighted by Crippen LogP contribution is -2.25. The van der Waals surface area contributed by atoms with Crippen molar-refractivity contribution in [3.63, 3.8) is 0 Å². The Labute approximate surface area is 153 Å². The molecule has 5 aromatic rings. The summed E-state index contributed by atoms with van der Waals surface area (Å²) >= 11 is 0. The highest BCUT2D eigenvalue weighted by Gasteiger charge is 2.19. The van der Waals surface area contributed by atoms with Gasteiger partial charge in [0.25, 0.3) is 0 Å². The summed E-state index contributed by atoms with van der Waals surface area (Å²) < 4.78 is 3.68. The molecule has 0 aliphatic carbocycles. The molecule has 2 N–H and O–H groups in total. The molecule has 0 aliphatic rings. The molecule has 0 saturated heterocycles. The molecule has 4 aromatic heterocycles. The van der Waals surface area contributed by atoms with E-state index in [2.05, 4.69) is 19.9 Å². The van der Waals surface area contributed by atoms with Crippen molar-refractivity contribution in [2.45, 2.75) is 13.0 Å². The predicted octanol–water partition coefficient (Wildman–Crippen LogP) is 2.58. The van der Waals surface area contributed by atoms with Crippen molar-refractivity contribution in [1.82, 2.24) is 34.3 Å². The fourth-order valence-corrected chi connectivity index (χ4v) is 3.36. The summed E-state index contributed by atoms with van der Waals surface area (Å²) in [6, 6.07) is 11.8. The van der Waals surface area contributed by atoms with Crippen LogP contribution >= 0.6 is 0 Å². The number of imidazole rings is 1. The van der Waals surface area contributed by atoms with Crippen LogP contribution in [0.3, 0.4) is 0 Å². The molecule has 27 heavy (non-hydrogen) atoms. The van der Waals surface area contributed by atoms with Crippen LogP contribution in [0.25, 0.3) is 27.8 Å². The zero-order chi connectivity index (χ0) is 18.4. The molecular weight excluding hydrogens is 340 g/mol. The molecule has 8 nitrogen and oxygen atoms in total. The van der Waals surface area contributed by atoms with Gasteiger partial charge in [0.1, 0.15) is 5.52 Å². The van der Waals surface area contributed by atoms with Gasteiger partial charge >= 0.3 is 0 Å². The molecule has 8 heteroatoms. The maximum Gasteiger partial charge on any atom is 0.182 e. The largest absolute Gasteiger partial charge is 0.340 e. The topological polar surface area (TPSA) is 101 Å². The smallest absolute Gasteiger partial charge is 0.182 e. The maximum atomic E-state index is 8.52. The fraction of sp³-hybridized carbons (Fsp3) is 0.105. The minimum atomic E-state index is -0.180. The van der Waals surface area contributed by atoms with Gasteiger partial charge in [0, 0.05) is 11.6 Å². The molecule has 0 fully saturated rings. The van der Waals surface area contributed by atoms with Gasteiger partial charge in [-0.05, 0) is 25.1 Å². The summed E-state index contributed by atoms with van der Waals surface area (Å²) in [5, 5.41) is 14.4. The van der Waals surface area contributed by atoms with Gasteiger partial charge in [-0.1, -0.05) is 18.2 Å². The number of nitrogens with zero attached hydrogens (tertiary/aromatic N) is 6. The number of H-pyrrole nitrogens is 1. The first-order chi connectivity index (χ1) is 13.2. The number of pyridine rings is 1. The van der Waals surface area contributed by atoms with E-state index in [1.807, 2.05) is 48.0 Å². The number of para-hydroxylation sites is 1. The molecule has 1 atom stereocenters. The summed E-state index contributed by atoms with van der Waals surface area (Å²) in [4.78, 5) is 15.7. The van der Waals surface area contributed by atoms with Crippen molar-refractivity contribution < 1.29 is 0 Å². The van der Waals surface area contributed by atoms with Gasteiger partial charge in [-0.3, -0.25) is 10.4 Å². The van der Waals surface area contributed by atoms with Gasteiger partial charge in [0.2, 0.25) is 0 Å². The molecule has 5 rings (SSSR count). The Morgan fingerprint density at radius 3 is 2.85 bits per heavy atom. The molecule has 132 valence electrons. The maximum absolute atomic E-state index is 8.52. The Morgan fingerprint density at radius 2 is 2.00 bits per heavy atom. The molecule has 1 unspecified atom stereocenters. The molecule has 0 bridgehead atoms. The monoisotopic (exact) mass is 356 g/mol. The third-order valence-corrected chi connectivity index (χ3v) is 4.74. The van der Waals surface area contributed by atoms with Crippen molar-refractivity contribution >= 4 is 22.1 Å². The lowest BCUT2D eigenvalue weighted by Gasteiger charge is -2.14. The molecule has 1 aromatic carbocycles. The van der Waals surface area contributed by atoms with Gasteiger partial charge in [0.15, 0.2) is 11.1 Å². The van der Waals surface area contributed by atoms with E-state index in [0.717, 1.165) is 22.3 Å². The van der Waals surface area contributed by atoms with Crippen molar-refractivity contribution in [1.29, 1.82) is 5.41 Å². The molecule has 0 radical (unpaired) electrons. The van der Waals surface area contributed by atoms with Crippen LogP contribution in [0.15, 0.2) is 61.4 Å². The van der Waals surface area contributed by atoms with E-state index >= 15 is 0 Å². The van der Waals surface area contributed by atoms with Gasteiger partial charge < -0.3 is 9.55 Å². The number of hydrogen-bond acceptors (Lipinski definition) is 5. The van der Waals surface area contributed by atoms with Crippen LogP contribution in [0, 0.1) is 5.41 Å². The molecule has 4 heterocycles. The van der Waals surface area contributed by atoms with Gasteiger partial charge in [0.05, 0.1) is 41.8 Å². The van der Waals surface area contributed by atoms with E-state index in [9.17, 15) is 0 Å². The number of fused-ring (bicyclic) bond motifs is 2. The molecule has 0 saturated carbocycles. The minimum Gasteiger partial charge on any atom is -0.340 e. The van der Waals surface area contributed by atoms with E-state index in [0.29, 0.717) is 16.7 Å². The van der Waals surface area contributed by atoms with E-state index < -0.39 is 0 Å². The lowest BCUT2D eigenvalue weighted by molar-refractivity contribution is 0.576. The average molecular weight is 356 g/mol. The van der Waals surface area contributed by atoms with E-state index in [1.54, 1.807) is 29.6 Å². The number of aromatic nitrogens is 7. The van der Waals surface area contributed by atoms with Crippen LogP contribution in [-0.2, 0) is 0 Å². The predicted molar refractivity (Wildman–Crippen MR) is 100 cm³/mol. The van der Waals surface area contributed by atoms with E-state index in [-0.39, 0.29) is 6.04 Å². The summed E-state index contributed by atoms with van der Waals surface area (Å²) in [6.07, 6.45) is 6.73. The highest BCUT2D eigenvalue weighted by Crippen LogP contribution is 2.27. The summed E-state index contributed by atoms with van der Waals surface area (Å²) in [6.45, 7) is 2.02. The van der Waals surface area contributed by atoms with Crippen LogP contribution in [0.5, 0.6) is 0 Å².